The molecule has 0 amide bonds. The van der Waals surface area contributed by atoms with Crippen molar-refractivity contribution in [2.75, 3.05) is 6.61 Å². The molecule has 3 rings (SSSR count). The summed E-state index contributed by atoms with van der Waals surface area (Å²) in [6, 6.07) is 13.0. The first-order chi connectivity index (χ1) is 12.0. The van der Waals surface area contributed by atoms with Crippen LogP contribution in [0, 0.1) is 0 Å². The molecule has 0 bridgehead atoms. The zero-order chi connectivity index (χ0) is 17.9. The van der Waals surface area contributed by atoms with Gasteiger partial charge in [-0.25, -0.2) is 0 Å². The summed E-state index contributed by atoms with van der Waals surface area (Å²) in [5, 5.41) is 13.2. The number of aromatic nitrogens is 2. The molecule has 0 saturated heterocycles. The Hall–Kier alpha value is -2.60. The van der Waals surface area contributed by atoms with Crippen molar-refractivity contribution in [3.8, 4) is 11.1 Å². The van der Waals surface area contributed by atoms with E-state index in [1.54, 1.807) is 10.9 Å². The first-order valence-electron chi connectivity index (χ1n) is 7.85. The van der Waals surface area contributed by atoms with Gasteiger partial charge in [-0.3, -0.25) is 4.68 Å². The number of alkyl halides is 3. The van der Waals surface area contributed by atoms with Gasteiger partial charge in [0.05, 0.1) is 24.9 Å². The van der Waals surface area contributed by atoms with E-state index in [1.807, 2.05) is 30.5 Å². The van der Waals surface area contributed by atoms with Gasteiger partial charge in [0.25, 0.3) is 0 Å². The van der Waals surface area contributed by atoms with E-state index < -0.39 is 11.7 Å². The fourth-order valence-corrected chi connectivity index (χ4v) is 2.71. The molecule has 0 saturated carbocycles. The maximum atomic E-state index is 12.7. The number of aliphatic hydroxyl groups is 1. The topological polar surface area (TPSA) is 38.0 Å². The molecule has 0 aliphatic heterocycles. The standard InChI is InChI=1S/C19H17F3N2O/c20-19(21,22)17-7-5-14(6-8-17)11-15-3-1-2-4-18(15)16-12-23-24(13-16)9-10-25/h1-8,12-13,25H,9-11H2. The highest BCUT2D eigenvalue weighted by atomic mass is 19.4. The Morgan fingerprint density at radius 2 is 1.72 bits per heavy atom. The summed E-state index contributed by atoms with van der Waals surface area (Å²) in [5.74, 6) is 0. The number of benzene rings is 2. The van der Waals surface area contributed by atoms with Crippen molar-refractivity contribution in [3.63, 3.8) is 0 Å². The van der Waals surface area contributed by atoms with Crippen LogP contribution in [0.3, 0.4) is 0 Å². The van der Waals surface area contributed by atoms with Crippen LogP contribution in [-0.2, 0) is 19.1 Å². The summed E-state index contributed by atoms with van der Waals surface area (Å²) in [7, 11) is 0. The molecule has 3 aromatic rings. The maximum absolute atomic E-state index is 12.7. The predicted molar refractivity (Wildman–Crippen MR) is 89.0 cm³/mol. The molecular formula is C19H17F3N2O. The van der Waals surface area contributed by atoms with Crippen LogP contribution in [0.5, 0.6) is 0 Å². The first-order valence-corrected chi connectivity index (χ1v) is 7.85. The van der Waals surface area contributed by atoms with Crippen LogP contribution in [0.25, 0.3) is 11.1 Å². The molecule has 1 heterocycles. The molecule has 0 aliphatic carbocycles. The summed E-state index contributed by atoms with van der Waals surface area (Å²) in [6.07, 6.45) is -0.222. The zero-order valence-electron chi connectivity index (χ0n) is 13.4. The quantitative estimate of drug-likeness (QED) is 0.754. The predicted octanol–water partition coefficient (Wildman–Crippen LogP) is 4.15. The number of nitrogens with zero attached hydrogens (tertiary/aromatic N) is 2. The summed E-state index contributed by atoms with van der Waals surface area (Å²) in [6.45, 7) is 0.426. The summed E-state index contributed by atoms with van der Waals surface area (Å²) < 4.78 is 39.7. The normalized spacial score (nSPS) is 11.7. The highest BCUT2D eigenvalue weighted by molar-refractivity contribution is 5.66. The van der Waals surface area contributed by atoms with Gasteiger partial charge in [-0.2, -0.15) is 18.3 Å². The molecule has 25 heavy (non-hydrogen) atoms. The number of hydrogen-bond donors (Lipinski definition) is 1. The van der Waals surface area contributed by atoms with E-state index in [-0.39, 0.29) is 6.61 Å². The van der Waals surface area contributed by atoms with E-state index in [2.05, 4.69) is 5.10 Å². The van der Waals surface area contributed by atoms with Gasteiger partial charge in [0, 0.05) is 11.8 Å². The van der Waals surface area contributed by atoms with Crippen molar-refractivity contribution in [1.82, 2.24) is 9.78 Å². The summed E-state index contributed by atoms with van der Waals surface area (Å²) in [4.78, 5) is 0. The van der Waals surface area contributed by atoms with Gasteiger partial charge in [-0.15, -0.1) is 0 Å². The highest BCUT2D eigenvalue weighted by Gasteiger charge is 2.29. The van der Waals surface area contributed by atoms with Gasteiger partial charge in [-0.1, -0.05) is 36.4 Å². The molecule has 0 radical (unpaired) electrons. The Balaban J connectivity index is 1.85. The Kier molecular flexibility index (Phi) is 4.90. The molecular weight excluding hydrogens is 329 g/mol. The maximum Gasteiger partial charge on any atom is 0.416 e. The van der Waals surface area contributed by atoms with Crippen LogP contribution in [0.4, 0.5) is 13.2 Å². The first kappa shape index (κ1) is 17.2. The van der Waals surface area contributed by atoms with Gasteiger partial charge >= 0.3 is 6.18 Å². The molecule has 2 aromatic carbocycles. The lowest BCUT2D eigenvalue weighted by Crippen LogP contribution is -2.04. The van der Waals surface area contributed by atoms with E-state index in [1.165, 1.54) is 12.1 Å². The number of rotatable bonds is 5. The molecule has 0 fully saturated rings. The van der Waals surface area contributed by atoms with Gasteiger partial charge in [0.1, 0.15) is 0 Å². The molecule has 0 atom stereocenters. The average molecular weight is 346 g/mol. The second-order valence-corrected chi connectivity index (χ2v) is 5.74. The van der Waals surface area contributed by atoms with Crippen LogP contribution >= 0.6 is 0 Å². The Morgan fingerprint density at radius 1 is 1.00 bits per heavy atom. The molecule has 0 aliphatic rings. The monoisotopic (exact) mass is 346 g/mol. The second kappa shape index (κ2) is 7.11. The van der Waals surface area contributed by atoms with Crippen molar-refractivity contribution in [2.45, 2.75) is 19.1 Å². The second-order valence-electron chi connectivity index (χ2n) is 5.74. The van der Waals surface area contributed by atoms with Crippen LogP contribution < -0.4 is 0 Å². The van der Waals surface area contributed by atoms with Crippen molar-refractivity contribution in [3.05, 3.63) is 77.6 Å². The van der Waals surface area contributed by atoms with Crippen LogP contribution in [0.2, 0.25) is 0 Å². The van der Waals surface area contributed by atoms with Crippen molar-refractivity contribution in [2.24, 2.45) is 0 Å². The highest BCUT2D eigenvalue weighted by Crippen LogP contribution is 2.30. The molecule has 130 valence electrons. The Bertz CT molecular complexity index is 838. The van der Waals surface area contributed by atoms with Crippen LogP contribution in [-0.4, -0.2) is 21.5 Å². The van der Waals surface area contributed by atoms with E-state index >= 15 is 0 Å². The number of hydrogen-bond acceptors (Lipinski definition) is 2. The van der Waals surface area contributed by atoms with Gasteiger partial charge in [-0.05, 0) is 35.2 Å². The SMILES string of the molecule is OCCn1cc(-c2ccccc2Cc2ccc(C(F)(F)F)cc2)cn1. The minimum atomic E-state index is -4.32. The van der Waals surface area contributed by atoms with Crippen LogP contribution in [0.15, 0.2) is 60.9 Å². The Morgan fingerprint density at radius 3 is 2.40 bits per heavy atom. The smallest absolute Gasteiger partial charge is 0.394 e. The van der Waals surface area contributed by atoms with E-state index in [0.29, 0.717) is 13.0 Å². The minimum Gasteiger partial charge on any atom is -0.394 e. The van der Waals surface area contributed by atoms with Crippen molar-refractivity contribution >= 4 is 0 Å². The third-order valence-corrected chi connectivity index (χ3v) is 3.97. The fraction of sp³-hybridized carbons (Fsp3) is 0.211. The zero-order valence-corrected chi connectivity index (χ0v) is 13.4. The molecule has 1 N–H and O–H groups in total. The number of aliphatic hydroxyl groups excluding tert-OH is 1. The van der Waals surface area contributed by atoms with Gasteiger partial charge in [0.15, 0.2) is 0 Å². The van der Waals surface area contributed by atoms with Crippen molar-refractivity contribution in [1.29, 1.82) is 0 Å². The average Bonchev–Trinajstić information content (AvgIpc) is 3.04. The van der Waals surface area contributed by atoms with E-state index in [4.69, 9.17) is 5.11 Å². The third-order valence-electron chi connectivity index (χ3n) is 3.97. The molecule has 1 aromatic heterocycles. The van der Waals surface area contributed by atoms with E-state index in [9.17, 15) is 13.2 Å². The van der Waals surface area contributed by atoms with Gasteiger partial charge < -0.3 is 5.11 Å². The molecule has 3 nitrogen and oxygen atoms in total. The number of halogens is 3. The molecule has 0 unspecified atom stereocenters. The summed E-state index contributed by atoms with van der Waals surface area (Å²) >= 11 is 0. The lowest BCUT2D eigenvalue weighted by molar-refractivity contribution is -0.137. The van der Waals surface area contributed by atoms with Gasteiger partial charge in [0.2, 0.25) is 0 Å². The Labute approximate surface area is 143 Å². The largest absolute Gasteiger partial charge is 0.416 e. The van der Waals surface area contributed by atoms with E-state index in [0.717, 1.165) is 34.4 Å². The molecule has 6 heteroatoms. The third kappa shape index (κ3) is 4.09. The van der Waals surface area contributed by atoms with Crippen LogP contribution in [0.1, 0.15) is 16.7 Å². The summed E-state index contributed by atoms with van der Waals surface area (Å²) in [5.41, 5.74) is 3.06. The molecule has 0 spiro atoms. The fourth-order valence-electron chi connectivity index (χ4n) is 2.71. The minimum absolute atomic E-state index is 0.00825. The van der Waals surface area contributed by atoms with Crippen molar-refractivity contribution < 1.29 is 18.3 Å². The lowest BCUT2D eigenvalue weighted by Gasteiger charge is -2.10. The lowest BCUT2D eigenvalue weighted by atomic mass is 9.96.